The number of carboxylic acids is 1. The average molecular weight is 317 g/mol. The number of carboxylic acid groups (broad SMARTS) is 1. The molecular formula is C9H11N5O4S2. The number of hydrogen-bond donors (Lipinski definition) is 2. The molecule has 0 aromatic carbocycles. The SMILES string of the molecule is Cc1nn(CC(=O)O)c(C)c1S(=O)(=O)Nc1nncs1. The van der Waals surface area contributed by atoms with E-state index in [1.54, 1.807) is 0 Å². The number of nitrogens with one attached hydrogen (secondary N) is 1. The van der Waals surface area contributed by atoms with Gasteiger partial charge in [-0.1, -0.05) is 11.3 Å². The number of carbonyl (C=O) groups is 1. The number of aliphatic carboxylic acids is 1. The van der Waals surface area contributed by atoms with Crippen molar-refractivity contribution in [1.29, 1.82) is 0 Å². The number of aryl methyl sites for hydroxylation is 1. The molecule has 0 amide bonds. The summed E-state index contributed by atoms with van der Waals surface area (Å²) in [5.41, 5.74) is 1.87. The molecule has 11 heteroatoms. The van der Waals surface area contributed by atoms with Crippen molar-refractivity contribution >= 4 is 32.5 Å². The molecule has 0 saturated heterocycles. The largest absolute Gasteiger partial charge is 0.480 e. The van der Waals surface area contributed by atoms with Crippen LogP contribution in [0.1, 0.15) is 11.4 Å². The molecule has 0 aliphatic carbocycles. The Kier molecular flexibility index (Phi) is 3.72. The van der Waals surface area contributed by atoms with Crippen molar-refractivity contribution in [3.63, 3.8) is 0 Å². The van der Waals surface area contributed by atoms with Crippen LogP contribution in [0.5, 0.6) is 0 Å². The highest BCUT2D eigenvalue weighted by atomic mass is 32.2. The zero-order valence-electron chi connectivity index (χ0n) is 10.6. The number of rotatable bonds is 5. The van der Waals surface area contributed by atoms with Crippen molar-refractivity contribution in [2.24, 2.45) is 0 Å². The molecule has 2 aromatic heterocycles. The molecule has 0 unspecified atom stereocenters. The Bertz CT molecular complexity index is 735. The summed E-state index contributed by atoms with van der Waals surface area (Å²) in [5, 5.41) is 20.0. The Labute approximate surface area is 118 Å². The van der Waals surface area contributed by atoms with Crippen LogP contribution in [-0.4, -0.2) is 39.5 Å². The maximum Gasteiger partial charge on any atom is 0.325 e. The molecule has 2 rings (SSSR count). The number of anilines is 1. The fourth-order valence-electron chi connectivity index (χ4n) is 1.73. The molecule has 0 bridgehead atoms. The first-order valence-electron chi connectivity index (χ1n) is 5.36. The van der Waals surface area contributed by atoms with Crippen LogP contribution in [0.25, 0.3) is 0 Å². The second-order valence-corrected chi connectivity index (χ2v) is 6.35. The summed E-state index contributed by atoms with van der Waals surface area (Å²) in [4.78, 5) is 10.7. The Hall–Kier alpha value is -2.01. The van der Waals surface area contributed by atoms with Gasteiger partial charge in [-0.3, -0.25) is 14.2 Å². The van der Waals surface area contributed by atoms with E-state index in [-0.39, 0.29) is 21.4 Å². The summed E-state index contributed by atoms with van der Waals surface area (Å²) in [7, 11) is -3.88. The first-order chi connectivity index (χ1) is 9.31. The molecule has 0 fully saturated rings. The van der Waals surface area contributed by atoms with Crippen LogP contribution in [0.15, 0.2) is 10.4 Å². The Morgan fingerprint density at radius 2 is 2.20 bits per heavy atom. The van der Waals surface area contributed by atoms with E-state index in [2.05, 4.69) is 20.0 Å². The van der Waals surface area contributed by atoms with Crippen molar-refractivity contribution in [2.75, 3.05) is 4.72 Å². The van der Waals surface area contributed by atoms with Crippen LogP contribution in [0.3, 0.4) is 0 Å². The molecule has 2 aromatic rings. The third kappa shape index (κ3) is 2.77. The molecule has 20 heavy (non-hydrogen) atoms. The monoisotopic (exact) mass is 317 g/mol. The van der Waals surface area contributed by atoms with E-state index in [9.17, 15) is 13.2 Å². The highest BCUT2D eigenvalue weighted by Crippen LogP contribution is 2.23. The van der Waals surface area contributed by atoms with Crippen molar-refractivity contribution in [3.8, 4) is 0 Å². The smallest absolute Gasteiger partial charge is 0.325 e. The highest BCUT2D eigenvalue weighted by Gasteiger charge is 2.26. The van der Waals surface area contributed by atoms with Crippen LogP contribution in [-0.2, 0) is 21.4 Å². The van der Waals surface area contributed by atoms with E-state index >= 15 is 0 Å². The molecule has 2 heterocycles. The second kappa shape index (κ2) is 5.17. The lowest BCUT2D eigenvalue weighted by molar-refractivity contribution is -0.137. The van der Waals surface area contributed by atoms with E-state index in [0.29, 0.717) is 0 Å². The van der Waals surface area contributed by atoms with Gasteiger partial charge in [0.25, 0.3) is 10.0 Å². The first kappa shape index (κ1) is 14.4. The number of hydrogen-bond acceptors (Lipinski definition) is 7. The maximum absolute atomic E-state index is 12.3. The van der Waals surface area contributed by atoms with E-state index in [0.717, 1.165) is 16.0 Å². The molecular weight excluding hydrogens is 306 g/mol. The van der Waals surface area contributed by atoms with E-state index < -0.39 is 22.5 Å². The molecule has 0 spiro atoms. The lowest BCUT2D eigenvalue weighted by Gasteiger charge is -2.05. The third-order valence-corrected chi connectivity index (χ3v) is 4.78. The lowest BCUT2D eigenvalue weighted by Crippen LogP contribution is -2.16. The highest BCUT2D eigenvalue weighted by molar-refractivity contribution is 7.93. The van der Waals surface area contributed by atoms with E-state index in [1.165, 1.54) is 19.4 Å². The minimum Gasteiger partial charge on any atom is -0.480 e. The van der Waals surface area contributed by atoms with Gasteiger partial charge in [-0.25, -0.2) is 8.42 Å². The first-order valence-corrected chi connectivity index (χ1v) is 7.72. The van der Waals surface area contributed by atoms with Gasteiger partial charge in [0, 0.05) is 0 Å². The van der Waals surface area contributed by atoms with Crippen molar-refractivity contribution in [2.45, 2.75) is 25.3 Å². The van der Waals surface area contributed by atoms with Gasteiger partial charge in [0.15, 0.2) is 0 Å². The molecule has 108 valence electrons. The summed E-state index contributed by atoms with van der Waals surface area (Å²) in [6.45, 7) is 2.60. The Morgan fingerprint density at radius 3 is 2.75 bits per heavy atom. The van der Waals surface area contributed by atoms with Crippen LogP contribution < -0.4 is 4.72 Å². The van der Waals surface area contributed by atoms with Crippen LogP contribution in [0, 0.1) is 13.8 Å². The third-order valence-electron chi connectivity index (χ3n) is 2.45. The van der Waals surface area contributed by atoms with Gasteiger partial charge in [-0.05, 0) is 13.8 Å². The number of aromatic nitrogens is 4. The van der Waals surface area contributed by atoms with E-state index in [1.807, 2.05) is 0 Å². The van der Waals surface area contributed by atoms with Crippen LogP contribution >= 0.6 is 11.3 Å². The van der Waals surface area contributed by atoms with Crippen molar-refractivity contribution in [1.82, 2.24) is 20.0 Å². The van der Waals surface area contributed by atoms with Crippen LogP contribution in [0.4, 0.5) is 5.13 Å². The minimum absolute atomic E-state index is 0.0473. The van der Waals surface area contributed by atoms with Crippen LogP contribution in [0.2, 0.25) is 0 Å². The maximum atomic E-state index is 12.3. The fourth-order valence-corrected chi connectivity index (χ4v) is 3.84. The zero-order chi connectivity index (χ0) is 14.9. The molecule has 0 saturated carbocycles. The second-order valence-electron chi connectivity index (χ2n) is 3.90. The zero-order valence-corrected chi connectivity index (χ0v) is 12.2. The predicted molar refractivity (Wildman–Crippen MR) is 70.1 cm³/mol. The normalized spacial score (nSPS) is 11.5. The standard InChI is InChI=1S/C9H11N5O4S2/c1-5-8(6(2)14(12-5)3-7(15)16)20(17,18)13-9-11-10-4-19-9/h4H,3H2,1-2H3,(H,11,13)(H,15,16). The quantitative estimate of drug-likeness (QED) is 0.808. The summed E-state index contributed by atoms with van der Waals surface area (Å²) in [5.74, 6) is -1.10. The van der Waals surface area contributed by atoms with Gasteiger partial charge in [0.2, 0.25) is 5.13 Å². The summed E-state index contributed by atoms with van der Waals surface area (Å²) in [6, 6.07) is 0. The molecule has 2 N–H and O–H groups in total. The summed E-state index contributed by atoms with van der Waals surface area (Å²) in [6.07, 6.45) is 0. The minimum atomic E-state index is -3.88. The van der Waals surface area contributed by atoms with Gasteiger partial charge in [-0.15, -0.1) is 10.2 Å². The molecule has 0 atom stereocenters. The number of nitrogens with zero attached hydrogens (tertiary/aromatic N) is 4. The molecule has 0 aliphatic heterocycles. The molecule has 9 nitrogen and oxygen atoms in total. The summed E-state index contributed by atoms with van der Waals surface area (Å²) >= 11 is 1.04. The fraction of sp³-hybridized carbons (Fsp3) is 0.333. The van der Waals surface area contributed by atoms with Gasteiger partial charge in [0.05, 0.1) is 11.4 Å². The predicted octanol–water partition coefficient (Wildman–Crippen LogP) is 0.237. The van der Waals surface area contributed by atoms with Crippen molar-refractivity contribution < 1.29 is 18.3 Å². The molecule has 0 radical (unpaired) electrons. The summed E-state index contributed by atoms with van der Waals surface area (Å²) < 4.78 is 27.9. The topological polar surface area (TPSA) is 127 Å². The van der Waals surface area contributed by atoms with Gasteiger partial charge >= 0.3 is 5.97 Å². The van der Waals surface area contributed by atoms with Gasteiger partial charge in [-0.2, -0.15) is 5.10 Å². The Morgan fingerprint density at radius 1 is 1.50 bits per heavy atom. The van der Waals surface area contributed by atoms with Gasteiger partial charge in [0.1, 0.15) is 17.0 Å². The van der Waals surface area contributed by atoms with Gasteiger partial charge < -0.3 is 5.11 Å². The van der Waals surface area contributed by atoms with Crippen molar-refractivity contribution in [3.05, 3.63) is 16.9 Å². The average Bonchev–Trinajstić information content (AvgIpc) is 2.87. The lowest BCUT2D eigenvalue weighted by atomic mass is 10.4. The molecule has 0 aliphatic rings. The Balaban J connectivity index is 2.41. The van der Waals surface area contributed by atoms with E-state index in [4.69, 9.17) is 5.11 Å². The number of sulfonamides is 1.